The zero-order chi connectivity index (χ0) is 18.8. The summed E-state index contributed by atoms with van der Waals surface area (Å²) < 4.78 is 5.67. The minimum Gasteiger partial charge on any atom is -0.490 e. The number of aliphatic hydroxyl groups is 1. The molecule has 3 aromatic rings. The Hall–Kier alpha value is -2.57. The normalized spacial score (nSPS) is 15.4. The van der Waals surface area contributed by atoms with Crippen LogP contribution in [0.15, 0.2) is 36.4 Å². The monoisotopic (exact) mass is 366 g/mol. The van der Waals surface area contributed by atoms with E-state index in [0.717, 1.165) is 59.9 Å². The first-order chi connectivity index (χ1) is 13.2. The summed E-state index contributed by atoms with van der Waals surface area (Å²) in [6.45, 7) is 6.62. The lowest BCUT2D eigenvalue weighted by Crippen LogP contribution is -2.44. The van der Waals surface area contributed by atoms with E-state index in [9.17, 15) is 0 Å². The standard InChI is InChI=1S/C21H26N4O2/c1-15-13-16(25-9-7-24(2)8-10-25)14-18-20(15)23-21(22-18)17-5-3-4-6-19(17)27-12-11-26/h3-6,13-14,26H,7-12H2,1-2H3,(H,22,23). The molecule has 27 heavy (non-hydrogen) atoms. The predicted octanol–water partition coefficient (Wildman–Crippen LogP) is 2.66. The lowest BCUT2D eigenvalue weighted by Gasteiger charge is -2.34. The van der Waals surface area contributed by atoms with Crippen molar-refractivity contribution in [3.8, 4) is 17.1 Å². The minimum absolute atomic E-state index is 0.0119. The molecule has 0 spiro atoms. The first-order valence-electron chi connectivity index (χ1n) is 9.42. The topological polar surface area (TPSA) is 64.6 Å². The number of rotatable bonds is 5. The van der Waals surface area contributed by atoms with Gasteiger partial charge in [0, 0.05) is 31.9 Å². The van der Waals surface area contributed by atoms with Crippen molar-refractivity contribution in [1.82, 2.24) is 14.9 Å². The van der Waals surface area contributed by atoms with Crippen molar-refractivity contribution in [3.05, 3.63) is 42.0 Å². The van der Waals surface area contributed by atoms with E-state index in [0.29, 0.717) is 0 Å². The molecule has 6 heteroatoms. The van der Waals surface area contributed by atoms with Crippen molar-refractivity contribution in [3.63, 3.8) is 0 Å². The second kappa shape index (κ2) is 7.58. The molecule has 0 saturated carbocycles. The minimum atomic E-state index is -0.0119. The van der Waals surface area contributed by atoms with Gasteiger partial charge in [-0.3, -0.25) is 0 Å². The van der Waals surface area contributed by atoms with Crippen LogP contribution in [0.2, 0.25) is 0 Å². The van der Waals surface area contributed by atoms with Crippen LogP contribution in [0.3, 0.4) is 0 Å². The van der Waals surface area contributed by atoms with Crippen LogP contribution >= 0.6 is 0 Å². The van der Waals surface area contributed by atoms with Gasteiger partial charge in [-0.1, -0.05) is 12.1 Å². The fourth-order valence-corrected chi connectivity index (χ4v) is 3.59. The molecule has 2 aromatic carbocycles. The summed E-state index contributed by atoms with van der Waals surface area (Å²) in [6.07, 6.45) is 0. The number of nitrogens with one attached hydrogen (secondary N) is 1. The molecule has 2 heterocycles. The molecule has 1 saturated heterocycles. The molecule has 1 aliphatic rings. The van der Waals surface area contributed by atoms with E-state index in [-0.39, 0.29) is 13.2 Å². The van der Waals surface area contributed by atoms with Crippen LogP contribution in [0.5, 0.6) is 5.75 Å². The number of piperazine rings is 1. The average Bonchev–Trinajstić information content (AvgIpc) is 3.12. The first-order valence-corrected chi connectivity index (χ1v) is 9.42. The molecule has 0 unspecified atom stereocenters. The number of aryl methyl sites for hydroxylation is 1. The van der Waals surface area contributed by atoms with Gasteiger partial charge in [-0.05, 0) is 43.8 Å². The van der Waals surface area contributed by atoms with Crippen molar-refractivity contribution < 1.29 is 9.84 Å². The number of hydrogen-bond donors (Lipinski definition) is 2. The maximum atomic E-state index is 9.05. The average molecular weight is 366 g/mol. The van der Waals surface area contributed by atoms with Crippen LogP contribution < -0.4 is 9.64 Å². The second-order valence-electron chi connectivity index (χ2n) is 7.10. The summed E-state index contributed by atoms with van der Waals surface area (Å²) in [7, 11) is 2.17. The Labute approximate surface area is 159 Å². The first kappa shape index (κ1) is 17.8. The van der Waals surface area contributed by atoms with Crippen molar-refractivity contribution >= 4 is 16.7 Å². The van der Waals surface area contributed by atoms with E-state index >= 15 is 0 Å². The lowest BCUT2D eigenvalue weighted by atomic mass is 10.1. The number of aliphatic hydroxyl groups excluding tert-OH is 1. The highest BCUT2D eigenvalue weighted by Gasteiger charge is 2.17. The number of likely N-dealkylation sites (N-methyl/N-ethyl adjacent to an activating group) is 1. The molecule has 0 atom stereocenters. The number of hydrogen-bond acceptors (Lipinski definition) is 5. The van der Waals surface area contributed by atoms with E-state index in [2.05, 4.69) is 40.9 Å². The smallest absolute Gasteiger partial charge is 0.142 e. The van der Waals surface area contributed by atoms with Crippen LogP contribution in [-0.4, -0.2) is 66.4 Å². The van der Waals surface area contributed by atoms with Crippen molar-refractivity contribution in [1.29, 1.82) is 0 Å². The highest BCUT2D eigenvalue weighted by atomic mass is 16.5. The molecule has 0 bridgehead atoms. The van der Waals surface area contributed by atoms with Crippen molar-refractivity contribution in [2.75, 3.05) is 51.3 Å². The Balaban J connectivity index is 1.70. The molecular formula is C21H26N4O2. The summed E-state index contributed by atoms with van der Waals surface area (Å²) in [5.41, 5.74) is 5.34. The third-order valence-electron chi connectivity index (χ3n) is 5.12. The van der Waals surface area contributed by atoms with Gasteiger partial charge in [0.1, 0.15) is 18.2 Å². The number of aromatic nitrogens is 2. The van der Waals surface area contributed by atoms with Crippen molar-refractivity contribution in [2.24, 2.45) is 0 Å². The Morgan fingerprint density at radius 3 is 2.70 bits per heavy atom. The van der Waals surface area contributed by atoms with Crippen LogP contribution in [0.1, 0.15) is 5.56 Å². The number of anilines is 1. The van der Waals surface area contributed by atoms with E-state index in [1.807, 2.05) is 24.3 Å². The number of benzene rings is 2. The molecule has 1 aromatic heterocycles. The maximum absolute atomic E-state index is 9.05. The van der Waals surface area contributed by atoms with E-state index in [1.54, 1.807) is 0 Å². The third kappa shape index (κ3) is 3.63. The van der Waals surface area contributed by atoms with E-state index < -0.39 is 0 Å². The largest absolute Gasteiger partial charge is 0.490 e. The number of H-pyrrole nitrogens is 1. The van der Waals surface area contributed by atoms with Gasteiger partial charge >= 0.3 is 0 Å². The van der Waals surface area contributed by atoms with E-state index in [1.165, 1.54) is 5.69 Å². The fraction of sp³-hybridized carbons (Fsp3) is 0.381. The van der Waals surface area contributed by atoms with Gasteiger partial charge in [-0.2, -0.15) is 0 Å². The molecule has 2 N–H and O–H groups in total. The third-order valence-corrected chi connectivity index (χ3v) is 5.12. The zero-order valence-corrected chi connectivity index (χ0v) is 15.9. The Morgan fingerprint density at radius 2 is 1.93 bits per heavy atom. The molecular weight excluding hydrogens is 340 g/mol. The quantitative estimate of drug-likeness (QED) is 0.727. The number of para-hydroxylation sites is 1. The van der Waals surface area contributed by atoms with Gasteiger partial charge in [-0.25, -0.2) is 4.98 Å². The summed E-state index contributed by atoms with van der Waals surface area (Å²) in [4.78, 5) is 13.1. The molecule has 142 valence electrons. The Bertz CT molecular complexity index is 929. The summed E-state index contributed by atoms with van der Waals surface area (Å²) >= 11 is 0. The molecule has 4 rings (SSSR count). The van der Waals surface area contributed by atoms with Crippen LogP contribution in [0.4, 0.5) is 5.69 Å². The Morgan fingerprint density at radius 1 is 1.15 bits per heavy atom. The molecule has 1 fully saturated rings. The summed E-state index contributed by atoms with van der Waals surface area (Å²) in [5, 5.41) is 9.05. The highest BCUT2D eigenvalue weighted by molar-refractivity contribution is 5.86. The number of ether oxygens (including phenoxy) is 1. The van der Waals surface area contributed by atoms with Gasteiger partial charge in [0.05, 0.1) is 23.2 Å². The lowest BCUT2D eigenvalue weighted by molar-refractivity contribution is 0.202. The predicted molar refractivity (Wildman–Crippen MR) is 109 cm³/mol. The number of imidazole rings is 1. The molecule has 0 amide bonds. The zero-order valence-electron chi connectivity index (χ0n) is 15.9. The maximum Gasteiger partial charge on any atom is 0.142 e. The summed E-state index contributed by atoms with van der Waals surface area (Å²) in [5.74, 6) is 1.51. The van der Waals surface area contributed by atoms with Gasteiger partial charge < -0.3 is 24.6 Å². The summed E-state index contributed by atoms with van der Waals surface area (Å²) in [6, 6.07) is 12.2. The van der Waals surface area contributed by atoms with Crippen molar-refractivity contribution in [2.45, 2.75) is 6.92 Å². The van der Waals surface area contributed by atoms with Gasteiger partial charge in [-0.15, -0.1) is 0 Å². The molecule has 0 aliphatic carbocycles. The molecule has 1 aliphatic heterocycles. The highest BCUT2D eigenvalue weighted by Crippen LogP contribution is 2.32. The van der Waals surface area contributed by atoms with Crippen LogP contribution in [0, 0.1) is 6.92 Å². The van der Waals surface area contributed by atoms with E-state index in [4.69, 9.17) is 14.8 Å². The van der Waals surface area contributed by atoms with Gasteiger partial charge in [0.25, 0.3) is 0 Å². The van der Waals surface area contributed by atoms with Crippen LogP contribution in [-0.2, 0) is 0 Å². The number of fused-ring (bicyclic) bond motifs is 1. The fourth-order valence-electron chi connectivity index (χ4n) is 3.59. The van der Waals surface area contributed by atoms with Crippen LogP contribution in [0.25, 0.3) is 22.4 Å². The molecule has 6 nitrogen and oxygen atoms in total. The van der Waals surface area contributed by atoms with Gasteiger partial charge in [0.15, 0.2) is 0 Å². The Kier molecular flexibility index (Phi) is 5.01. The number of aromatic amines is 1. The number of nitrogens with zero attached hydrogens (tertiary/aromatic N) is 3. The SMILES string of the molecule is Cc1cc(N2CCN(C)CC2)cc2[nH]c(-c3ccccc3OCCO)nc12. The van der Waals surface area contributed by atoms with Gasteiger partial charge in [0.2, 0.25) is 0 Å². The second-order valence-corrected chi connectivity index (χ2v) is 7.10. The molecule has 0 radical (unpaired) electrons.